The number of ether oxygens (including phenoxy) is 1. The first-order valence-corrected chi connectivity index (χ1v) is 11.9. The van der Waals surface area contributed by atoms with Crippen molar-refractivity contribution >= 4 is 17.8 Å². The Morgan fingerprint density at radius 2 is 1.57 bits per heavy atom. The van der Waals surface area contributed by atoms with E-state index in [1.807, 2.05) is 36.4 Å². The lowest BCUT2D eigenvalue weighted by Crippen LogP contribution is -2.45. The third-order valence-electron chi connectivity index (χ3n) is 6.54. The van der Waals surface area contributed by atoms with E-state index >= 15 is 0 Å². The molecule has 2 atom stereocenters. The molecule has 0 bridgehead atoms. The minimum absolute atomic E-state index is 0.00281. The fraction of sp³-hybridized carbons (Fsp3) is 0.276. The predicted molar refractivity (Wildman–Crippen MR) is 134 cm³/mol. The molecular weight excluding hydrogens is 440 g/mol. The molecule has 3 aromatic carbocycles. The molecule has 0 spiro atoms. The highest BCUT2D eigenvalue weighted by atomic mass is 16.5. The Balaban J connectivity index is 1.43. The molecule has 1 heterocycles. The number of carbonyl (C=O) groups excluding carboxylic acids is 3. The second-order valence-electron chi connectivity index (χ2n) is 9.00. The van der Waals surface area contributed by atoms with Crippen LogP contribution in [-0.4, -0.2) is 30.4 Å². The zero-order chi connectivity index (χ0) is 24.7. The van der Waals surface area contributed by atoms with Gasteiger partial charge in [-0.1, -0.05) is 84.9 Å². The number of carbonyl (C=O) groups is 3. The van der Waals surface area contributed by atoms with Gasteiger partial charge in [0.2, 0.25) is 11.8 Å². The van der Waals surface area contributed by atoms with Gasteiger partial charge in [0, 0.05) is 18.4 Å². The lowest BCUT2D eigenvalue weighted by molar-refractivity contribution is -0.145. The van der Waals surface area contributed by atoms with Gasteiger partial charge in [0.15, 0.2) is 6.04 Å². The van der Waals surface area contributed by atoms with Crippen LogP contribution in [0.15, 0.2) is 84.9 Å². The highest BCUT2D eigenvalue weighted by Gasteiger charge is 2.38. The number of benzene rings is 3. The molecule has 0 saturated carbocycles. The zero-order valence-corrected chi connectivity index (χ0v) is 19.8. The summed E-state index contributed by atoms with van der Waals surface area (Å²) in [6, 6.07) is 26.7. The predicted octanol–water partition coefficient (Wildman–Crippen LogP) is 4.36. The summed E-state index contributed by atoms with van der Waals surface area (Å²) in [6.07, 6.45) is 2.41. The summed E-state index contributed by atoms with van der Waals surface area (Å²) in [5.41, 5.74) is 3.56. The number of nitrogens with one attached hydrogen (secondary N) is 2. The molecule has 2 amide bonds. The second kappa shape index (κ2) is 11.0. The Labute approximate surface area is 205 Å². The molecular formula is C29H30N2O4. The molecule has 0 unspecified atom stereocenters. The van der Waals surface area contributed by atoms with Gasteiger partial charge in [-0.05, 0) is 41.5 Å². The quantitative estimate of drug-likeness (QED) is 0.455. The fourth-order valence-corrected chi connectivity index (χ4v) is 4.65. The highest BCUT2D eigenvalue weighted by molar-refractivity contribution is 5.85. The molecule has 6 heteroatoms. The maximum Gasteiger partial charge on any atom is 0.333 e. The van der Waals surface area contributed by atoms with Gasteiger partial charge in [-0.15, -0.1) is 0 Å². The van der Waals surface area contributed by atoms with Crippen LogP contribution in [0.3, 0.4) is 0 Å². The van der Waals surface area contributed by atoms with Crippen LogP contribution in [0.4, 0.5) is 0 Å². The Hall–Kier alpha value is -3.93. The molecule has 1 aliphatic heterocycles. The van der Waals surface area contributed by atoms with Crippen molar-refractivity contribution in [1.82, 2.24) is 10.6 Å². The first-order valence-electron chi connectivity index (χ1n) is 11.9. The van der Waals surface area contributed by atoms with Gasteiger partial charge in [0.05, 0.1) is 7.11 Å². The summed E-state index contributed by atoms with van der Waals surface area (Å²) in [7, 11) is 1.30. The SMILES string of the molecule is COC(=O)[C@@H](NC(=O)CC[C@]1(Cc2ccc(-c3ccccc3)cc2)CCC(=O)N1)c1ccccc1. The Bertz CT molecular complexity index is 1160. The maximum atomic E-state index is 12.9. The molecule has 180 valence electrons. The van der Waals surface area contributed by atoms with Crippen LogP contribution in [0.25, 0.3) is 11.1 Å². The molecule has 6 nitrogen and oxygen atoms in total. The third kappa shape index (κ3) is 6.15. The van der Waals surface area contributed by atoms with Crippen molar-refractivity contribution in [2.24, 2.45) is 0 Å². The first-order chi connectivity index (χ1) is 17.0. The summed E-state index contributed by atoms with van der Waals surface area (Å²) < 4.78 is 4.89. The van der Waals surface area contributed by atoms with E-state index in [4.69, 9.17) is 4.74 Å². The molecule has 0 aliphatic carbocycles. The lowest BCUT2D eigenvalue weighted by Gasteiger charge is -2.29. The van der Waals surface area contributed by atoms with E-state index in [0.29, 0.717) is 31.2 Å². The normalized spacial score (nSPS) is 17.9. The molecule has 1 aliphatic rings. The maximum absolute atomic E-state index is 12.9. The lowest BCUT2D eigenvalue weighted by atomic mass is 9.84. The minimum Gasteiger partial charge on any atom is -0.467 e. The van der Waals surface area contributed by atoms with E-state index in [-0.39, 0.29) is 18.2 Å². The van der Waals surface area contributed by atoms with Gasteiger partial charge >= 0.3 is 5.97 Å². The second-order valence-corrected chi connectivity index (χ2v) is 9.00. The molecule has 1 fully saturated rings. The first kappa shape index (κ1) is 24.2. The summed E-state index contributed by atoms with van der Waals surface area (Å²) in [6.45, 7) is 0. The largest absolute Gasteiger partial charge is 0.467 e. The van der Waals surface area contributed by atoms with Crippen LogP contribution in [0, 0.1) is 0 Å². The number of esters is 1. The van der Waals surface area contributed by atoms with Crippen LogP contribution in [0.1, 0.15) is 42.9 Å². The van der Waals surface area contributed by atoms with Crippen molar-refractivity contribution in [2.45, 2.75) is 43.7 Å². The van der Waals surface area contributed by atoms with Gasteiger partial charge in [0.25, 0.3) is 0 Å². The molecule has 4 rings (SSSR count). The summed E-state index contributed by atoms with van der Waals surface area (Å²) in [5, 5.41) is 5.93. The third-order valence-corrected chi connectivity index (χ3v) is 6.54. The van der Waals surface area contributed by atoms with Gasteiger partial charge in [-0.3, -0.25) is 9.59 Å². The van der Waals surface area contributed by atoms with Crippen molar-refractivity contribution in [3.05, 3.63) is 96.1 Å². The number of hydrogen-bond donors (Lipinski definition) is 2. The number of hydrogen-bond acceptors (Lipinski definition) is 4. The van der Waals surface area contributed by atoms with E-state index in [9.17, 15) is 14.4 Å². The highest BCUT2D eigenvalue weighted by Crippen LogP contribution is 2.30. The smallest absolute Gasteiger partial charge is 0.333 e. The van der Waals surface area contributed by atoms with E-state index in [0.717, 1.165) is 16.7 Å². The Morgan fingerprint density at radius 3 is 2.17 bits per heavy atom. The summed E-state index contributed by atoms with van der Waals surface area (Å²) in [5.74, 6) is -0.779. The van der Waals surface area contributed by atoms with Crippen molar-refractivity contribution < 1.29 is 19.1 Å². The molecule has 0 radical (unpaired) electrons. The van der Waals surface area contributed by atoms with Crippen molar-refractivity contribution in [1.29, 1.82) is 0 Å². The van der Waals surface area contributed by atoms with E-state index < -0.39 is 17.6 Å². The molecule has 2 N–H and O–H groups in total. The van der Waals surface area contributed by atoms with Gasteiger partial charge in [-0.25, -0.2) is 4.79 Å². The average Bonchev–Trinajstić information content (AvgIpc) is 3.27. The number of amides is 2. The topological polar surface area (TPSA) is 84.5 Å². The molecule has 0 aromatic heterocycles. The Kier molecular flexibility index (Phi) is 7.60. The van der Waals surface area contributed by atoms with Crippen molar-refractivity contribution in [3.8, 4) is 11.1 Å². The van der Waals surface area contributed by atoms with Crippen molar-refractivity contribution in [2.75, 3.05) is 7.11 Å². The zero-order valence-electron chi connectivity index (χ0n) is 19.8. The number of methoxy groups -OCH3 is 1. The van der Waals surface area contributed by atoms with Crippen LogP contribution in [0.2, 0.25) is 0 Å². The summed E-state index contributed by atoms with van der Waals surface area (Å²) in [4.78, 5) is 37.3. The van der Waals surface area contributed by atoms with Crippen LogP contribution >= 0.6 is 0 Å². The van der Waals surface area contributed by atoms with E-state index in [1.54, 1.807) is 12.1 Å². The van der Waals surface area contributed by atoms with Crippen LogP contribution in [-0.2, 0) is 25.5 Å². The molecule has 35 heavy (non-hydrogen) atoms. The van der Waals surface area contributed by atoms with Gasteiger partial charge < -0.3 is 15.4 Å². The Morgan fingerprint density at radius 1 is 0.943 bits per heavy atom. The number of rotatable bonds is 9. The molecule has 1 saturated heterocycles. The van der Waals surface area contributed by atoms with E-state index in [2.05, 4.69) is 47.0 Å². The van der Waals surface area contributed by atoms with Crippen LogP contribution in [0.5, 0.6) is 0 Å². The van der Waals surface area contributed by atoms with Crippen LogP contribution < -0.4 is 10.6 Å². The monoisotopic (exact) mass is 470 g/mol. The van der Waals surface area contributed by atoms with Gasteiger partial charge in [-0.2, -0.15) is 0 Å². The van der Waals surface area contributed by atoms with Crippen molar-refractivity contribution in [3.63, 3.8) is 0 Å². The minimum atomic E-state index is -0.867. The average molecular weight is 471 g/mol. The molecule has 3 aromatic rings. The van der Waals surface area contributed by atoms with E-state index in [1.165, 1.54) is 7.11 Å². The summed E-state index contributed by atoms with van der Waals surface area (Å²) >= 11 is 0. The fourth-order valence-electron chi connectivity index (χ4n) is 4.65. The standard InChI is InChI=1S/C29H30N2O4/c1-35-28(34)27(24-10-6-3-7-11-24)30-25(32)16-18-29(19-17-26(33)31-29)20-21-12-14-23(15-13-21)22-8-4-2-5-9-22/h2-15,27H,16-20H2,1H3,(H,30,32)(H,31,33)/t27-,29+/m0/s1. The van der Waals surface area contributed by atoms with Gasteiger partial charge in [0.1, 0.15) is 0 Å².